The highest BCUT2D eigenvalue weighted by Crippen LogP contribution is 2.34. The Morgan fingerprint density at radius 3 is 2.48 bits per heavy atom. The summed E-state index contributed by atoms with van der Waals surface area (Å²) in [5, 5.41) is 7.22. The smallest absolute Gasteiger partial charge is 0.255 e. The van der Waals surface area contributed by atoms with E-state index in [1.807, 2.05) is 43.0 Å². The fourth-order valence-electron chi connectivity index (χ4n) is 9.32. The van der Waals surface area contributed by atoms with Crippen LogP contribution in [0.15, 0.2) is 53.5 Å². The standard InChI is InChI=1S/C48H55N9O7/c1-5-41(58)50-33-12-14-34(15-13-33)57-44(61)25-30(2)37-28-49-48(52-45(37)57)51-38-18-16-35(27-40(38)64-4)54-21-23-55(24-22-54)43(60)10-8-6-7-9-31-11-17-36-32(26-31)29-56(46(36)62)39-19-20-42(59)53(3)47(39)63/h11,16-18,25-28,33-34,39H,5-6,8,10,12-15,19-24,29H2,1-4H3,(H,50,58)(H,49,51,52). The Labute approximate surface area is 372 Å². The molecule has 5 amide bonds. The van der Waals surface area contributed by atoms with E-state index in [0.29, 0.717) is 93.4 Å². The minimum absolute atomic E-state index is 0.0376. The van der Waals surface area contributed by atoms with Crippen molar-refractivity contribution in [3.8, 4) is 17.6 Å². The first-order valence-corrected chi connectivity index (χ1v) is 22.3. The molecule has 0 spiro atoms. The molecule has 1 unspecified atom stereocenters. The number of methoxy groups -OCH3 is 1. The van der Waals surface area contributed by atoms with Gasteiger partial charge in [0.25, 0.3) is 17.4 Å². The first-order chi connectivity index (χ1) is 30.9. The van der Waals surface area contributed by atoms with Gasteiger partial charge < -0.3 is 30.1 Å². The molecule has 64 heavy (non-hydrogen) atoms. The molecule has 16 heteroatoms. The molecule has 2 saturated heterocycles. The highest BCUT2D eigenvalue weighted by Gasteiger charge is 2.41. The molecule has 4 aromatic rings. The third-order valence-corrected chi connectivity index (χ3v) is 13.0. The normalized spacial score (nSPS) is 19.9. The van der Waals surface area contributed by atoms with Gasteiger partial charge in [-0.25, -0.2) is 4.98 Å². The van der Waals surface area contributed by atoms with E-state index in [1.54, 1.807) is 41.0 Å². The molecule has 4 aliphatic rings. The number of likely N-dealkylation sites (tertiary alicyclic amines) is 1. The van der Waals surface area contributed by atoms with Gasteiger partial charge in [-0.1, -0.05) is 18.8 Å². The van der Waals surface area contributed by atoms with E-state index in [-0.39, 0.29) is 53.6 Å². The van der Waals surface area contributed by atoms with E-state index >= 15 is 0 Å². The van der Waals surface area contributed by atoms with Crippen LogP contribution in [0.25, 0.3) is 11.0 Å². The van der Waals surface area contributed by atoms with Gasteiger partial charge in [0.05, 0.1) is 12.8 Å². The van der Waals surface area contributed by atoms with Gasteiger partial charge in [0.1, 0.15) is 17.4 Å². The van der Waals surface area contributed by atoms with Crippen molar-refractivity contribution >= 4 is 57.9 Å². The number of likely N-dealkylation sites (N-methyl/N-ethyl adjacent to an activating group) is 1. The zero-order valence-electron chi connectivity index (χ0n) is 36.9. The van der Waals surface area contributed by atoms with Crippen molar-refractivity contribution in [1.82, 2.24) is 34.6 Å². The van der Waals surface area contributed by atoms with Crippen LogP contribution in [0.1, 0.15) is 104 Å². The summed E-state index contributed by atoms with van der Waals surface area (Å²) in [6.07, 6.45) is 7.45. The molecular formula is C48H55N9O7. The number of pyridine rings is 1. The van der Waals surface area contributed by atoms with Crippen LogP contribution >= 0.6 is 0 Å². The SMILES string of the molecule is CCC(=O)NC1CCC(n2c(=O)cc(C)c3cnc(Nc4ccc(N5CCN(C(=O)CCCC#Cc6ccc7c(c6)CN(C6CCC(=O)N(C)C6=O)C7=O)CC5)cc4OC)nc32)CC1. The predicted octanol–water partition coefficient (Wildman–Crippen LogP) is 4.84. The molecule has 0 bridgehead atoms. The van der Waals surface area contributed by atoms with Crippen molar-refractivity contribution in [1.29, 1.82) is 0 Å². The largest absolute Gasteiger partial charge is 0.494 e. The van der Waals surface area contributed by atoms with Gasteiger partial charge in [-0.05, 0) is 86.9 Å². The summed E-state index contributed by atoms with van der Waals surface area (Å²) in [5.41, 5.74) is 5.07. The molecule has 2 aromatic carbocycles. The summed E-state index contributed by atoms with van der Waals surface area (Å²) in [6, 6.07) is 12.4. The number of carbonyl (C=O) groups is 5. The van der Waals surface area contributed by atoms with E-state index in [0.717, 1.165) is 58.3 Å². The number of aromatic nitrogens is 3. The number of nitrogens with one attached hydrogen (secondary N) is 2. The Kier molecular flexibility index (Phi) is 13.0. The minimum atomic E-state index is -0.643. The van der Waals surface area contributed by atoms with Crippen molar-refractivity contribution in [2.75, 3.05) is 50.6 Å². The summed E-state index contributed by atoms with van der Waals surface area (Å²) in [7, 11) is 3.07. The number of unbranched alkanes of at least 4 members (excludes halogenated alkanes) is 1. The van der Waals surface area contributed by atoms with Crippen LogP contribution in [0.5, 0.6) is 5.75 Å². The molecule has 334 valence electrons. The van der Waals surface area contributed by atoms with Crippen molar-refractivity contribution in [2.24, 2.45) is 0 Å². The lowest BCUT2D eigenvalue weighted by Crippen LogP contribution is -2.53. The third kappa shape index (κ3) is 9.15. The van der Waals surface area contributed by atoms with Crippen LogP contribution in [0.3, 0.4) is 0 Å². The van der Waals surface area contributed by atoms with E-state index < -0.39 is 6.04 Å². The van der Waals surface area contributed by atoms with Crippen molar-refractivity contribution in [3.63, 3.8) is 0 Å². The molecule has 8 rings (SSSR count). The van der Waals surface area contributed by atoms with Crippen LogP contribution < -0.4 is 25.8 Å². The molecule has 3 fully saturated rings. The van der Waals surface area contributed by atoms with Gasteiger partial charge in [0.2, 0.25) is 23.7 Å². The number of hydrogen-bond acceptors (Lipinski definition) is 11. The topological polar surface area (TPSA) is 179 Å². The summed E-state index contributed by atoms with van der Waals surface area (Å²) in [6.45, 7) is 6.57. The lowest BCUT2D eigenvalue weighted by atomic mass is 9.90. The average Bonchev–Trinajstić information content (AvgIpc) is 3.63. The number of amides is 5. The summed E-state index contributed by atoms with van der Waals surface area (Å²) >= 11 is 0. The van der Waals surface area contributed by atoms with Crippen LogP contribution in [0, 0.1) is 18.8 Å². The Morgan fingerprint density at radius 2 is 1.73 bits per heavy atom. The van der Waals surface area contributed by atoms with E-state index in [2.05, 4.69) is 32.4 Å². The maximum absolute atomic E-state index is 13.4. The van der Waals surface area contributed by atoms with Crippen molar-refractivity contribution < 1.29 is 28.7 Å². The average molecular weight is 870 g/mol. The number of rotatable bonds is 11. The molecule has 5 heterocycles. The molecule has 2 aromatic heterocycles. The maximum atomic E-state index is 13.4. The number of hydrogen-bond donors (Lipinski definition) is 2. The predicted molar refractivity (Wildman–Crippen MR) is 241 cm³/mol. The zero-order chi connectivity index (χ0) is 45.1. The lowest BCUT2D eigenvalue weighted by Gasteiger charge is -2.36. The maximum Gasteiger partial charge on any atom is 0.255 e. The van der Waals surface area contributed by atoms with Gasteiger partial charge >= 0.3 is 0 Å². The number of fused-ring (bicyclic) bond motifs is 2. The van der Waals surface area contributed by atoms with Crippen LogP contribution in [0.4, 0.5) is 17.3 Å². The molecule has 1 atom stereocenters. The molecule has 3 aliphatic heterocycles. The van der Waals surface area contributed by atoms with Gasteiger partial charge in [-0.15, -0.1) is 0 Å². The first kappa shape index (κ1) is 43.9. The van der Waals surface area contributed by atoms with Crippen LogP contribution in [0.2, 0.25) is 0 Å². The number of piperazine rings is 1. The highest BCUT2D eigenvalue weighted by atomic mass is 16.5. The van der Waals surface area contributed by atoms with Gasteiger partial charge in [-0.2, -0.15) is 4.98 Å². The Morgan fingerprint density at radius 1 is 0.953 bits per heavy atom. The Balaban J connectivity index is 0.826. The fourth-order valence-corrected chi connectivity index (χ4v) is 9.32. The van der Waals surface area contributed by atoms with Crippen LogP contribution in [-0.2, 0) is 25.7 Å². The number of piperidine rings is 1. The number of ether oxygens (including phenoxy) is 1. The van der Waals surface area contributed by atoms with Gasteiger partial charge in [0, 0.05) is 118 Å². The molecule has 16 nitrogen and oxygen atoms in total. The quantitative estimate of drug-likeness (QED) is 0.120. The van der Waals surface area contributed by atoms with Gasteiger partial charge in [-0.3, -0.25) is 38.2 Å². The second-order valence-corrected chi connectivity index (χ2v) is 17.1. The van der Waals surface area contributed by atoms with E-state index in [4.69, 9.17) is 9.72 Å². The number of benzene rings is 2. The molecular weight excluding hydrogens is 815 g/mol. The monoisotopic (exact) mass is 869 g/mol. The van der Waals surface area contributed by atoms with Crippen molar-refractivity contribution in [2.45, 2.75) is 103 Å². The Bertz CT molecular complexity index is 2620. The molecule has 2 N–H and O–H groups in total. The zero-order valence-corrected chi connectivity index (χ0v) is 36.9. The minimum Gasteiger partial charge on any atom is -0.494 e. The highest BCUT2D eigenvalue weighted by molar-refractivity contribution is 6.05. The van der Waals surface area contributed by atoms with Crippen LogP contribution in [-0.4, -0.2) is 111 Å². The number of nitrogens with zero attached hydrogens (tertiary/aromatic N) is 7. The number of anilines is 3. The number of imide groups is 1. The summed E-state index contributed by atoms with van der Waals surface area (Å²) < 4.78 is 7.60. The fraction of sp³-hybridized carbons (Fsp3) is 0.458. The first-order valence-electron chi connectivity index (χ1n) is 22.3. The lowest BCUT2D eigenvalue weighted by molar-refractivity contribution is -0.150. The second kappa shape index (κ2) is 18.9. The van der Waals surface area contributed by atoms with E-state index in [9.17, 15) is 28.8 Å². The number of aryl methyl sites for hydroxylation is 1. The number of carbonyl (C=O) groups excluding carboxylic acids is 5. The summed E-state index contributed by atoms with van der Waals surface area (Å²) in [5.74, 6) is 6.66. The summed E-state index contributed by atoms with van der Waals surface area (Å²) in [4.78, 5) is 92.6. The van der Waals surface area contributed by atoms with Crippen molar-refractivity contribution in [3.05, 3.63) is 81.3 Å². The van der Waals surface area contributed by atoms with E-state index in [1.165, 1.54) is 7.05 Å². The third-order valence-electron chi connectivity index (χ3n) is 13.0. The Hall–Kier alpha value is -6.76. The molecule has 1 saturated carbocycles. The molecule has 0 radical (unpaired) electrons. The molecule has 1 aliphatic carbocycles. The van der Waals surface area contributed by atoms with Gasteiger partial charge in [0.15, 0.2) is 0 Å². The second-order valence-electron chi connectivity index (χ2n) is 17.1.